The average molecular weight is 1670 g/mol. The number of piperidine rings is 3. The van der Waals surface area contributed by atoms with Gasteiger partial charge in [-0.1, -0.05) is 188 Å². The molecule has 3 amide bonds. The van der Waals surface area contributed by atoms with Gasteiger partial charge in [0.25, 0.3) is 0 Å². The van der Waals surface area contributed by atoms with E-state index in [0.29, 0.717) is 69.1 Å². The van der Waals surface area contributed by atoms with Crippen LogP contribution in [0.1, 0.15) is 181 Å². The summed E-state index contributed by atoms with van der Waals surface area (Å²) in [6.07, 6.45) is 16.9. The number of amides is 3. The summed E-state index contributed by atoms with van der Waals surface area (Å²) in [7, 11) is 0. The molecule has 3 N–H and O–H groups in total. The van der Waals surface area contributed by atoms with Gasteiger partial charge in [-0.2, -0.15) is 29.0 Å². The van der Waals surface area contributed by atoms with Crippen molar-refractivity contribution in [2.24, 2.45) is 5.92 Å². The summed E-state index contributed by atoms with van der Waals surface area (Å²) in [6.45, 7) is 8.17. The predicted octanol–water partition coefficient (Wildman–Crippen LogP) is 24.0. The molecular weight excluding hydrogens is 1570 g/mol. The Balaban J connectivity index is 0.000000154. The van der Waals surface area contributed by atoms with Gasteiger partial charge < -0.3 is 35.4 Å². The SMILES string of the molecule is CC1CCC(N2CCC(OCC(=O)Nc3cc(Cl)cc(Cl)c3)(c3ccc(-c4cccc(C#N)c4)cc3)CC2)C1.N#Cc1cccc(-c2ccc(C3(CCC(=O)Nc4ccc(Cl)c(C(F)(F)F)c4)CCN(C4CCCC4)CC3)cc2)c1.N#Cc1cccc(-c2ccc(C3(CCC(=O)Nc4ccc(F)c(Cl)c4)CCN(C4CCCC4)CC3)cc2)c1. The molecule has 0 bridgehead atoms. The molecule has 9 aromatic rings. The zero-order valence-corrected chi connectivity index (χ0v) is 69.5. The first-order chi connectivity index (χ1) is 56.9. The van der Waals surface area contributed by atoms with Crippen LogP contribution in [0.15, 0.2) is 200 Å². The topological polar surface area (TPSA) is 178 Å². The Kier molecular flexibility index (Phi) is 29.0. The van der Waals surface area contributed by atoms with Gasteiger partial charge >= 0.3 is 6.18 Å². The van der Waals surface area contributed by atoms with E-state index in [1.807, 2.05) is 66.7 Å². The van der Waals surface area contributed by atoms with Gasteiger partial charge in [0, 0.05) is 71.2 Å². The molecule has 3 saturated carbocycles. The van der Waals surface area contributed by atoms with Gasteiger partial charge in [-0.3, -0.25) is 14.4 Å². The largest absolute Gasteiger partial charge is 0.417 e. The molecule has 3 aliphatic carbocycles. The van der Waals surface area contributed by atoms with Crippen LogP contribution in [0, 0.1) is 45.7 Å². The van der Waals surface area contributed by atoms with Crippen LogP contribution in [0.2, 0.25) is 20.1 Å². The average Bonchev–Trinajstić information content (AvgIpc) is 1.06. The van der Waals surface area contributed by atoms with Crippen LogP contribution in [-0.4, -0.2) is 96.4 Å². The number of carbonyl (C=O) groups is 3. The predicted molar refractivity (Wildman–Crippen MR) is 463 cm³/mol. The summed E-state index contributed by atoms with van der Waals surface area (Å²) in [5, 5.41) is 36.7. The number of nitriles is 3. The van der Waals surface area contributed by atoms with Crippen molar-refractivity contribution in [2.45, 2.75) is 182 Å². The first-order valence-corrected chi connectivity index (χ1v) is 42.8. The highest BCUT2D eigenvalue weighted by Gasteiger charge is 2.43. The molecule has 6 aliphatic rings. The third-order valence-corrected chi connectivity index (χ3v) is 26.5. The number of likely N-dealkylation sites (tertiary alicyclic amines) is 3. The number of halogens is 8. The van der Waals surface area contributed by atoms with Crippen molar-refractivity contribution < 1.29 is 36.7 Å². The smallest absolute Gasteiger partial charge is 0.360 e. The molecule has 13 nitrogen and oxygen atoms in total. The lowest BCUT2D eigenvalue weighted by Crippen LogP contribution is -2.48. The van der Waals surface area contributed by atoms with Crippen molar-refractivity contribution in [3.63, 3.8) is 0 Å². The first kappa shape index (κ1) is 86.4. The maximum atomic E-state index is 13.5. The van der Waals surface area contributed by atoms with Crippen LogP contribution < -0.4 is 16.0 Å². The molecule has 3 saturated heterocycles. The van der Waals surface area contributed by atoms with Crippen molar-refractivity contribution >= 4 is 81.2 Å². The molecule has 15 rings (SSSR count). The normalized spacial score (nSPS) is 18.8. The molecule has 21 heteroatoms. The Morgan fingerprint density at radius 3 is 1.26 bits per heavy atom. The van der Waals surface area contributed by atoms with Gasteiger partial charge in [0.1, 0.15) is 12.4 Å². The maximum absolute atomic E-state index is 13.5. The number of benzene rings is 9. The van der Waals surface area contributed by atoms with Gasteiger partial charge in [0.2, 0.25) is 17.7 Å². The summed E-state index contributed by atoms with van der Waals surface area (Å²) >= 11 is 23.8. The molecule has 0 aromatic heterocycles. The third-order valence-electron chi connectivity index (χ3n) is 25.4. The van der Waals surface area contributed by atoms with Crippen LogP contribution in [0.4, 0.5) is 34.6 Å². The lowest BCUT2D eigenvalue weighted by Gasteiger charge is -2.44. The van der Waals surface area contributed by atoms with Crippen LogP contribution in [-0.2, 0) is 41.7 Å². The fourth-order valence-corrected chi connectivity index (χ4v) is 19.6. The highest BCUT2D eigenvalue weighted by atomic mass is 35.5. The summed E-state index contributed by atoms with van der Waals surface area (Å²) in [4.78, 5) is 46.7. The molecular formula is C97H99Cl4F4N9O4. The molecule has 6 fully saturated rings. The van der Waals surface area contributed by atoms with E-state index in [0.717, 1.165) is 141 Å². The monoisotopic (exact) mass is 1670 g/mol. The summed E-state index contributed by atoms with van der Waals surface area (Å²) < 4.78 is 59.9. The number of anilines is 3. The van der Waals surface area contributed by atoms with E-state index in [4.69, 9.17) is 51.1 Å². The summed E-state index contributed by atoms with van der Waals surface area (Å²) in [6, 6.07) is 69.5. The Bertz CT molecular complexity index is 5090. The number of ether oxygens (including phenoxy) is 1. The minimum Gasteiger partial charge on any atom is -0.360 e. The molecule has 3 heterocycles. The number of hydrogen-bond donors (Lipinski definition) is 3. The zero-order valence-electron chi connectivity index (χ0n) is 66.5. The maximum Gasteiger partial charge on any atom is 0.417 e. The van der Waals surface area contributed by atoms with Crippen molar-refractivity contribution in [3.05, 3.63) is 265 Å². The first-order valence-electron chi connectivity index (χ1n) is 41.3. The van der Waals surface area contributed by atoms with Crippen LogP contribution in [0.5, 0.6) is 0 Å². The van der Waals surface area contributed by atoms with E-state index >= 15 is 0 Å². The van der Waals surface area contributed by atoms with E-state index in [1.54, 1.807) is 24.3 Å². The molecule has 118 heavy (non-hydrogen) atoms. The van der Waals surface area contributed by atoms with Gasteiger partial charge in [-0.05, 0) is 280 Å². The molecule has 3 aliphatic heterocycles. The molecule has 612 valence electrons. The third kappa shape index (κ3) is 22.2. The Labute approximate surface area is 710 Å². The molecule has 0 spiro atoms. The lowest BCUT2D eigenvalue weighted by atomic mass is 9.69. The van der Waals surface area contributed by atoms with Gasteiger partial charge in [0.15, 0.2) is 0 Å². The number of rotatable bonds is 21. The fourth-order valence-electron chi connectivity index (χ4n) is 18.7. The number of nitrogens with one attached hydrogen (secondary N) is 3. The summed E-state index contributed by atoms with van der Waals surface area (Å²) in [5.74, 6) is -0.364. The Morgan fingerprint density at radius 1 is 0.441 bits per heavy atom. The second kappa shape index (κ2) is 39.6. The molecule has 2 unspecified atom stereocenters. The van der Waals surface area contributed by atoms with E-state index in [9.17, 15) is 47.7 Å². The Morgan fingerprint density at radius 2 is 0.847 bits per heavy atom. The van der Waals surface area contributed by atoms with Crippen LogP contribution in [0.3, 0.4) is 0 Å². The second-order valence-corrected chi connectivity index (χ2v) is 34.5. The molecule has 2 atom stereocenters. The minimum absolute atomic E-state index is 0.000971. The number of nitrogens with zero attached hydrogens (tertiary/aromatic N) is 6. The fraction of sp³-hybridized carbons (Fsp3) is 0.381. The van der Waals surface area contributed by atoms with E-state index in [1.165, 1.54) is 106 Å². The second-order valence-electron chi connectivity index (χ2n) is 32.8. The van der Waals surface area contributed by atoms with Crippen LogP contribution >= 0.6 is 46.4 Å². The van der Waals surface area contributed by atoms with Crippen molar-refractivity contribution in [3.8, 4) is 51.6 Å². The molecule has 0 radical (unpaired) electrons. The van der Waals surface area contributed by atoms with Crippen molar-refractivity contribution in [2.75, 3.05) is 61.8 Å². The van der Waals surface area contributed by atoms with Gasteiger partial charge in [-0.25, -0.2) is 4.39 Å². The quantitative estimate of drug-likeness (QED) is 0.0587. The van der Waals surface area contributed by atoms with Crippen molar-refractivity contribution in [1.82, 2.24) is 14.7 Å². The highest BCUT2D eigenvalue weighted by molar-refractivity contribution is 6.35. The highest BCUT2D eigenvalue weighted by Crippen LogP contribution is 2.47. The number of hydrogen-bond acceptors (Lipinski definition) is 10. The number of carbonyl (C=O) groups excluding carboxylic acids is 3. The van der Waals surface area contributed by atoms with E-state index in [2.05, 4.69) is 129 Å². The van der Waals surface area contributed by atoms with Gasteiger partial charge in [0.05, 0.1) is 56.1 Å². The van der Waals surface area contributed by atoms with Crippen LogP contribution in [0.25, 0.3) is 33.4 Å². The standard InChI is InChI=1S/C33H33ClF3N3O.C32H33Cl2N3O2.C32H33ClFN3O/c34-30-13-12-27(21-29(30)33(35,36)37)39-31(41)14-15-32(16-18-40(19-17-32)28-6-1-2-7-28)26-10-8-24(9-11-26)25-5-3-4-23(20-25)22-38;1-22-5-10-30(15-22)37-13-11-32(12-14-37,39-21-31(38)36-29-18-27(33)17-28(34)19-29)26-8-6-24(7-9-26)25-4-2-3-23(16-25)20-35;33-29-21-27(12-13-30(29)34)36-31(38)14-15-32(16-18-37(19-17-32)28-6-1-2-7-28)26-10-8-24(9-11-26)25-5-3-4-23(20-25)22-35/h3-5,8-13,20-21,28H,1-2,6-7,14-19H2,(H,39,41);2-4,6-9,16-19,22,30H,5,10-15,21H2,1H3,(H,36,38);3-5,8-13,20-21,28H,1-2,6-7,14-19H2,(H,36,38). The van der Waals surface area contributed by atoms with Gasteiger partial charge in [-0.15, -0.1) is 0 Å². The van der Waals surface area contributed by atoms with E-state index < -0.39 is 28.2 Å². The molecule has 9 aromatic carbocycles. The minimum atomic E-state index is -4.60. The summed E-state index contributed by atoms with van der Waals surface area (Å²) in [5.41, 5.74) is 10.9. The Hall–Kier alpha value is -9.42. The number of alkyl halides is 3. The zero-order chi connectivity index (χ0) is 83.0. The van der Waals surface area contributed by atoms with Crippen molar-refractivity contribution in [1.29, 1.82) is 15.8 Å². The lowest BCUT2D eigenvalue weighted by molar-refractivity contribution is -0.137. The van der Waals surface area contributed by atoms with E-state index in [-0.39, 0.29) is 52.3 Å².